The van der Waals surface area contributed by atoms with Gasteiger partial charge in [0.15, 0.2) is 0 Å². The molecule has 0 aromatic rings. The topological polar surface area (TPSA) is 20.2 Å². The SMILES string of the molecule is OC(C1=CCCCC1)C1CCC2CCCCC2C1. The molecule has 3 rings (SSSR count). The minimum absolute atomic E-state index is 0.104. The summed E-state index contributed by atoms with van der Waals surface area (Å²) in [6.07, 6.45) is 17.0. The van der Waals surface area contributed by atoms with Crippen molar-refractivity contribution >= 4 is 0 Å². The Labute approximate surface area is 112 Å². The molecule has 0 aromatic heterocycles. The van der Waals surface area contributed by atoms with Gasteiger partial charge in [0.05, 0.1) is 6.10 Å². The molecule has 2 saturated carbocycles. The predicted octanol–water partition coefficient (Wildman–Crippen LogP) is 4.45. The van der Waals surface area contributed by atoms with Gasteiger partial charge in [0.25, 0.3) is 0 Å². The zero-order valence-electron chi connectivity index (χ0n) is 11.6. The molecule has 102 valence electrons. The van der Waals surface area contributed by atoms with Crippen molar-refractivity contribution in [3.8, 4) is 0 Å². The average molecular weight is 248 g/mol. The summed E-state index contributed by atoms with van der Waals surface area (Å²) in [5, 5.41) is 10.6. The third-order valence-corrected chi connectivity index (χ3v) is 5.73. The molecule has 1 N–H and O–H groups in total. The quantitative estimate of drug-likeness (QED) is 0.716. The van der Waals surface area contributed by atoms with Crippen LogP contribution in [0, 0.1) is 17.8 Å². The van der Waals surface area contributed by atoms with Crippen LogP contribution in [-0.2, 0) is 0 Å². The number of rotatable bonds is 2. The van der Waals surface area contributed by atoms with E-state index in [9.17, 15) is 5.11 Å². The van der Waals surface area contributed by atoms with Crippen LogP contribution in [0.25, 0.3) is 0 Å². The van der Waals surface area contributed by atoms with Gasteiger partial charge in [0.2, 0.25) is 0 Å². The normalized spacial score (nSPS) is 38.7. The van der Waals surface area contributed by atoms with Crippen molar-refractivity contribution < 1.29 is 5.11 Å². The second-order valence-corrected chi connectivity index (χ2v) is 6.85. The number of fused-ring (bicyclic) bond motifs is 1. The van der Waals surface area contributed by atoms with Crippen LogP contribution in [-0.4, -0.2) is 11.2 Å². The summed E-state index contributed by atoms with van der Waals surface area (Å²) < 4.78 is 0. The molecule has 0 bridgehead atoms. The Bertz CT molecular complexity index is 307. The first kappa shape index (κ1) is 12.7. The third-order valence-electron chi connectivity index (χ3n) is 5.73. The highest BCUT2D eigenvalue weighted by Crippen LogP contribution is 2.44. The Morgan fingerprint density at radius 1 is 0.944 bits per heavy atom. The Morgan fingerprint density at radius 3 is 2.56 bits per heavy atom. The fourth-order valence-electron chi connectivity index (χ4n) is 4.63. The van der Waals surface area contributed by atoms with E-state index in [1.807, 2.05) is 0 Å². The molecule has 0 amide bonds. The van der Waals surface area contributed by atoms with Crippen LogP contribution in [0.5, 0.6) is 0 Å². The van der Waals surface area contributed by atoms with Gasteiger partial charge < -0.3 is 5.11 Å². The lowest BCUT2D eigenvalue weighted by Crippen LogP contribution is -2.34. The molecule has 0 radical (unpaired) electrons. The van der Waals surface area contributed by atoms with Crippen molar-refractivity contribution in [3.63, 3.8) is 0 Å². The van der Waals surface area contributed by atoms with Crippen LogP contribution in [0.15, 0.2) is 11.6 Å². The van der Waals surface area contributed by atoms with Crippen molar-refractivity contribution in [3.05, 3.63) is 11.6 Å². The lowest BCUT2D eigenvalue weighted by atomic mass is 9.65. The highest BCUT2D eigenvalue weighted by Gasteiger charge is 2.35. The third kappa shape index (κ3) is 2.66. The minimum Gasteiger partial charge on any atom is -0.388 e. The van der Waals surface area contributed by atoms with Gasteiger partial charge in [-0.25, -0.2) is 0 Å². The number of hydrogen-bond donors (Lipinski definition) is 1. The molecule has 4 atom stereocenters. The fraction of sp³-hybridized carbons (Fsp3) is 0.882. The molecule has 0 aromatic carbocycles. The number of hydrogen-bond acceptors (Lipinski definition) is 1. The summed E-state index contributed by atoms with van der Waals surface area (Å²) in [6.45, 7) is 0. The lowest BCUT2D eigenvalue weighted by molar-refractivity contribution is 0.0521. The largest absolute Gasteiger partial charge is 0.388 e. The molecule has 2 fully saturated rings. The van der Waals surface area contributed by atoms with Crippen LogP contribution in [0.3, 0.4) is 0 Å². The van der Waals surface area contributed by atoms with Gasteiger partial charge in [-0.1, -0.05) is 31.8 Å². The van der Waals surface area contributed by atoms with Gasteiger partial charge in [-0.15, -0.1) is 0 Å². The Hall–Kier alpha value is -0.300. The van der Waals surface area contributed by atoms with E-state index in [0.717, 1.165) is 18.3 Å². The van der Waals surface area contributed by atoms with E-state index in [1.165, 1.54) is 69.8 Å². The molecule has 18 heavy (non-hydrogen) atoms. The van der Waals surface area contributed by atoms with Gasteiger partial charge in [-0.2, -0.15) is 0 Å². The van der Waals surface area contributed by atoms with Crippen molar-refractivity contribution in [2.75, 3.05) is 0 Å². The minimum atomic E-state index is -0.104. The second-order valence-electron chi connectivity index (χ2n) is 6.85. The number of aliphatic hydroxyl groups excluding tert-OH is 1. The van der Waals surface area contributed by atoms with E-state index >= 15 is 0 Å². The van der Waals surface area contributed by atoms with E-state index in [4.69, 9.17) is 0 Å². The Morgan fingerprint density at radius 2 is 1.78 bits per heavy atom. The monoisotopic (exact) mass is 248 g/mol. The fourth-order valence-corrected chi connectivity index (χ4v) is 4.63. The van der Waals surface area contributed by atoms with Gasteiger partial charge in [0.1, 0.15) is 0 Å². The summed E-state index contributed by atoms with van der Waals surface area (Å²) in [5.41, 5.74) is 1.38. The Kier molecular flexibility index (Phi) is 4.08. The highest BCUT2D eigenvalue weighted by atomic mass is 16.3. The first-order chi connectivity index (χ1) is 8.84. The molecule has 0 aliphatic heterocycles. The van der Waals surface area contributed by atoms with E-state index in [2.05, 4.69) is 6.08 Å². The lowest BCUT2D eigenvalue weighted by Gasteiger charge is -2.41. The van der Waals surface area contributed by atoms with Crippen LogP contribution in [0.2, 0.25) is 0 Å². The average Bonchev–Trinajstić information content (AvgIpc) is 2.47. The van der Waals surface area contributed by atoms with Crippen LogP contribution < -0.4 is 0 Å². The van der Waals surface area contributed by atoms with Gasteiger partial charge in [-0.3, -0.25) is 0 Å². The zero-order valence-corrected chi connectivity index (χ0v) is 11.6. The number of allylic oxidation sites excluding steroid dienone is 1. The summed E-state index contributed by atoms with van der Waals surface area (Å²) in [6, 6.07) is 0. The van der Waals surface area contributed by atoms with Crippen molar-refractivity contribution in [1.29, 1.82) is 0 Å². The zero-order chi connectivity index (χ0) is 12.4. The number of aliphatic hydroxyl groups is 1. The smallest absolute Gasteiger partial charge is 0.0778 e. The van der Waals surface area contributed by atoms with Gasteiger partial charge in [0, 0.05) is 0 Å². The van der Waals surface area contributed by atoms with Crippen LogP contribution >= 0.6 is 0 Å². The first-order valence-electron chi connectivity index (χ1n) is 8.21. The first-order valence-corrected chi connectivity index (χ1v) is 8.21. The second kappa shape index (κ2) is 5.77. The molecule has 0 heterocycles. The summed E-state index contributed by atoms with van der Waals surface area (Å²) in [7, 11) is 0. The molecule has 0 spiro atoms. The van der Waals surface area contributed by atoms with Crippen molar-refractivity contribution in [1.82, 2.24) is 0 Å². The maximum absolute atomic E-state index is 10.6. The van der Waals surface area contributed by atoms with Gasteiger partial charge in [-0.05, 0) is 68.3 Å². The van der Waals surface area contributed by atoms with Gasteiger partial charge >= 0.3 is 0 Å². The van der Waals surface area contributed by atoms with E-state index in [0.29, 0.717) is 5.92 Å². The molecule has 0 saturated heterocycles. The summed E-state index contributed by atoms with van der Waals surface area (Å²) in [5.74, 6) is 2.52. The molecular formula is C17H28O. The van der Waals surface area contributed by atoms with Crippen LogP contribution in [0.1, 0.15) is 70.6 Å². The molecule has 1 heteroatoms. The maximum atomic E-state index is 10.6. The molecular weight excluding hydrogens is 220 g/mol. The molecule has 3 aliphatic rings. The predicted molar refractivity (Wildman–Crippen MR) is 75.3 cm³/mol. The maximum Gasteiger partial charge on any atom is 0.0778 e. The van der Waals surface area contributed by atoms with Crippen molar-refractivity contribution in [2.45, 2.75) is 76.7 Å². The standard InChI is InChI=1S/C17H28O/c18-17(14-7-2-1-3-8-14)16-11-10-13-6-4-5-9-15(13)12-16/h7,13,15-18H,1-6,8-12H2. The molecule has 1 nitrogen and oxygen atoms in total. The summed E-state index contributed by atoms with van der Waals surface area (Å²) >= 11 is 0. The summed E-state index contributed by atoms with van der Waals surface area (Å²) in [4.78, 5) is 0. The molecule has 3 aliphatic carbocycles. The highest BCUT2D eigenvalue weighted by molar-refractivity contribution is 5.12. The van der Waals surface area contributed by atoms with E-state index in [-0.39, 0.29) is 6.10 Å². The van der Waals surface area contributed by atoms with Crippen molar-refractivity contribution in [2.24, 2.45) is 17.8 Å². The van der Waals surface area contributed by atoms with E-state index < -0.39 is 0 Å². The van der Waals surface area contributed by atoms with Crippen LogP contribution in [0.4, 0.5) is 0 Å². The van der Waals surface area contributed by atoms with E-state index in [1.54, 1.807) is 0 Å². The Balaban J connectivity index is 1.61. The molecule has 4 unspecified atom stereocenters.